The van der Waals surface area contributed by atoms with Gasteiger partial charge in [-0.2, -0.15) is 0 Å². The third-order valence-corrected chi connectivity index (χ3v) is 3.28. The summed E-state index contributed by atoms with van der Waals surface area (Å²) in [6.45, 7) is 0.507. The molecule has 0 aliphatic heterocycles. The van der Waals surface area contributed by atoms with Crippen LogP contribution in [-0.4, -0.2) is 14.1 Å². The summed E-state index contributed by atoms with van der Waals surface area (Å²) in [5.74, 6) is 0. The highest BCUT2D eigenvalue weighted by molar-refractivity contribution is 6.30. The molecule has 4 nitrogen and oxygen atoms in total. The Labute approximate surface area is 120 Å². The number of imidazole rings is 1. The van der Waals surface area contributed by atoms with Gasteiger partial charge in [-0.15, -0.1) is 0 Å². The molecule has 0 N–H and O–H groups in total. The first-order chi connectivity index (χ1) is 9.74. The molecule has 3 rings (SSSR count). The minimum atomic E-state index is -0.0869. The molecule has 2 heterocycles. The summed E-state index contributed by atoms with van der Waals surface area (Å²) in [6.07, 6.45) is 6.99. The number of hydrogen-bond acceptors (Lipinski definition) is 2. The predicted molar refractivity (Wildman–Crippen MR) is 78.4 cm³/mol. The fraction of sp³-hybridized carbons (Fsp3) is 0.0667. The molecule has 0 unspecified atom stereocenters. The van der Waals surface area contributed by atoms with Gasteiger partial charge in [0.25, 0.3) is 0 Å². The third kappa shape index (κ3) is 2.51. The van der Waals surface area contributed by atoms with Crippen LogP contribution in [0.15, 0.2) is 66.0 Å². The summed E-state index contributed by atoms with van der Waals surface area (Å²) in [6, 6.07) is 11.0. The zero-order valence-corrected chi connectivity index (χ0v) is 11.4. The second-order valence-corrected chi connectivity index (χ2v) is 4.85. The first-order valence-corrected chi connectivity index (χ1v) is 6.54. The average Bonchev–Trinajstić information content (AvgIpc) is 2.83. The van der Waals surface area contributed by atoms with Crippen LogP contribution in [0, 0.1) is 0 Å². The molecule has 5 heteroatoms. The molecule has 0 fully saturated rings. The van der Waals surface area contributed by atoms with E-state index in [2.05, 4.69) is 4.98 Å². The van der Waals surface area contributed by atoms with Crippen molar-refractivity contribution in [2.75, 3.05) is 0 Å². The summed E-state index contributed by atoms with van der Waals surface area (Å²) in [7, 11) is 0. The molecule has 0 aliphatic carbocycles. The van der Waals surface area contributed by atoms with Crippen molar-refractivity contribution in [1.82, 2.24) is 14.1 Å². The lowest BCUT2D eigenvalue weighted by atomic mass is 10.3. The second kappa shape index (κ2) is 5.35. The molecule has 0 atom stereocenters. The van der Waals surface area contributed by atoms with Crippen LogP contribution < -0.4 is 5.69 Å². The Hall–Kier alpha value is -2.33. The van der Waals surface area contributed by atoms with E-state index in [0.29, 0.717) is 11.6 Å². The maximum absolute atomic E-state index is 12.3. The monoisotopic (exact) mass is 285 g/mol. The molecule has 20 heavy (non-hydrogen) atoms. The molecule has 0 amide bonds. The molecular formula is C15H12ClN3O. The number of nitrogens with zero attached hydrogens (tertiary/aromatic N) is 3. The fourth-order valence-corrected chi connectivity index (χ4v) is 2.15. The van der Waals surface area contributed by atoms with Gasteiger partial charge in [-0.05, 0) is 35.9 Å². The van der Waals surface area contributed by atoms with Gasteiger partial charge in [0.05, 0.1) is 12.2 Å². The molecule has 0 bridgehead atoms. The Morgan fingerprint density at radius 1 is 1.10 bits per heavy atom. The van der Waals surface area contributed by atoms with Gasteiger partial charge in [0.15, 0.2) is 0 Å². The highest BCUT2D eigenvalue weighted by Crippen LogP contribution is 2.12. The highest BCUT2D eigenvalue weighted by atomic mass is 35.5. The van der Waals surface area contributed by atoms with Gasteiger partial charge in [-0.25, -0.2) is 4.79 Å². The van der Waals surface area contributed by atoms with Crippen molar-refractivity contribution in [3.05, 3.63) is 82.3 Å². The van der Waals surface area contributed by atoms with Crippen molar-refractivity contribution in [3.63, 3.8) is 0 Å². The Morgan fingerprint density at radius 2 is 1.90 bits per heavy atom. The zero-order valence-electron chi connectivity index (χ0n) is 10.6. The number of hydrogen-bond donors (Lipinski definition) is 0. The molecule has 2 aromatic heterocycles. The summed E-state index contributed by atoms with van der Waals surface area (Å²) in [4.78, 5) is 16.4. The van der Waals surface area contributed by atoms with Gasteiger partial charge in [0, 0.05) is 29.8 Å². The summed E-state index contributed by atoms with van der Waals surface area (Å²) >= 11 is 5.85. The van der Waals surface area contributed by atoms with Crippen molar-refractivity contribution < 1.29 is 0 Å². The molecule has 3 aromatic rings. The summed E-state index contributed by atoms with van der Waals surface area (Å²) in [5, 5.41) is 0.650. The van der Waals surface area contributed by atoms with Gasteiger partial charge in [-0.1, -0.05) is 17.7 Å². The molecule has 0 saturated carbocycles. The SMILES string of the molecule is O=c1n(Cc2cccnc2)ccn1-c1ccc(Cl)cc1. The van der Waals surface area contributed by atoms with Gasteiger partial charge >= 0.3 is 5.69 Å². The van der Waals surface area contributed by atoms with E-state index in [1.54, 1.807) is 46.1 Å². The Balaban J connectivity index is 1.93. The van der Waals surface area contributed by atoms with Gasteiger partial charge < -0.3 is 0 Å². The van der Waals surface area contributed by atoms with Crippen LogP contribution in [-0.2, 0) is 6.54 Å². The minimum absolute atomic E-state index is 0.0869. The molecular weight excluding hydrogens is 274 g/mol. The van der Waals surface area contributed by atoms with Crippen LogP contribution in [0.2, 0.25) is 5.02 Å². The topological polar surface area (TPSA) is 39.8 Å². The highest BCUT2D eigenvalue weighted by Gasteiger charge is 2.05. The first-order valence-electron chi connectivity index (χ1n) is 6.17. The smallest absolute Gasteiger partial charge is 0.294 e. The van der Waals surface area contributed by atoms with Crippen LogP contribution in [0.3, 0.4) is 0 Å². The van der Waals surface area contributed by atoms with E-state index < -0.39 is 0 Å². The van der Waals surface area contributed by atoms with Gasteiger partial charge in [0.2, 0.25) is 0 Å². The molecule has 0 aliphatic rings. The Morgan fingerprint density at radius 3 is 2.60 bits per heavy atom. The van der Waals surface area contributed by atoms with Gasteiger partial charge in [-0.3, -0.25) is 14.1 Å². The van der Waals surface area contributed by atoms with Crippen molar-refractivity contribution in [2.45, 2.75) is 6.54 Å². The predicted octanol–water partition coefficient (Wildman–Crippen LogP) is 2.74. The van der Waals surface area contributed by atoms with E-state index in [1.807, 2.05) is 24.3 Å². The van der Waals surface area contributed by atoms with Crippen LogP contribution >= 0.6 is 11.6 Å². The number of halogens is 1. The van der Waals surface area contributed by atoms with E-state index in [4.69, 9.17) is 11.6 Å². The minimum Gasteiger partial charge on any atom is -0.294 e. The lowest BCUT2D eigenvalue weighted by Crippen LogP contribution is -2.23. The van der Waals surface area contributed by atoms with E-state index in [-0.39, 0.29) is 5.69 Å². The number of aromatic nitrogens is 3. The standard InChI is InChI=1S/C15H12ClN3O/c16-13-3-5-14(6-4-13)19-9-8-18(15(19)20)11-12-2-1-7-17-10-12/h1-10H,11H2. The molecule has 1 aromatic carbocycles. The Kier molecular flexibility index (Phi) is 3.39. The van der Waals surface area contributed by atoms with E-state index >= 15 is 0 Å². The average molecular weight is 286 g/mol. The zero-order chi connectivity index (χ0) is 13.9. The molecule has 0 spiro atoms. The molecule has 0 saturated heterocycles. The van der Waals surface area contributed by atoms with Gasteiger partial charge in [0.1, 0.15) is 0 Å². The van der Waals surface area contributed by atoms with Crippen LogP contribution in [0.1, 0.15) is 5.56 Å². The molecule has 100 valence electrons. The lowest BCUT2D eigenvalue weighted by Gasteiger charge is -2.02. The first kappa shape index (κ1) is 12.7. The van der Waals surface area contributed by atoms with Crippen LogP contribution in [0.25, 0.3) is 5.69 Å². The van der Waals surface area contributed by atoms with Crippen molar-refractivity contribution >= 4 is 11.6 Å². The van der Waals surface area contributed by atoms with Crippen LogP contribution in [0.5, 0.6) is 0 Å². The number of benzene rings is 1. The van der Waals surface area contributed by atoms with E-state index in [9.17, 15) is 4.79 Å². The normalized spacial score (nSPS) is 10.7. The van der Waals surface area contributed by atoms with Crippen molar-refractivity contribution in [1.29, 1.82) is 0 Å². The number of rotatable bonds is 3. The fourth-order valence-electron chi connectivity index (χ4n) is 2.02. The Bertz CT molecular complexity index is 760. The van der Waals surface area contributed by atoms with Crippen LogP contribution in [0.4, 0.5) is 0 Å². The quantitative estimate of drug-likeness (QED) is 0.742. The lowest BCUT2D eigenvalue weighted by molar-refractivity contribution is 0.740. The second-order valence-electron chi connectivity index (χ2n) is 4.42. The largest absolute Gasteiger partial charge is 0.333 e. The maximum Gasteiger partial charge on any atom is 0.333 e. The van der Waals surface area contributed by atoms with E-state index in [0.717, 1.165) is 11.3 Å². The summed E-state index contributed by atoms with van der Waals surface area (Å²) in [5.41, 5.74) is 1.70. The van der Waals surface area contributed by atoms with Crippen molar-refractivity contribution in [3.8, 4) is 5.69 Å². The summed E-state index contributed by atoms with van der Waals surface area (Å²) < 4.78 is 3.23. The van der Waals surface area contributed by atoms with Crippen molar-refractivity contribution in [2.24, 2.45) is 0 Å². The third-order valence-electron chi connectivity index (χ3n) is 3.03. The molecule has 0 radical (unpaired) electrons. The van der Waals surface area contributed by atoms with E-state index in [1.165, 1.54) is 0 Å². The maximum atomic E-state index is 12.3. The number of pyridine rings is 1.